The van der Waals surface area contributed by atoms with Crippen LogP contribution in [0.1, 0.15) is 16.7 Å². The zero-order chi connectivity index (χ0) is 33.4. The molecular formula is C48H32N2. The first-order valence-corrected chi connectivity index (χ1v) is 17.0. The summed E-state index contributed by atoms with van der Waals surface area (Å²) in [5.41, 5.74) is 6.12. The number of nitrogens with one attached hydrogen (secondary N) is 1. The monoisotopic (exact) mass is 636 g/mol. The molecule has 9 aromatic carbocycles. The fourth-order valence-electron chi connectivity index (χ4n) is 7.45. The van der Waals surface area contributed by atoms with Crippen molar-refractivity contribution >= 4 is 71.5 Å². The fourth-order valence-corrected chi connectivity index (χ4v) is 7.45. The van der Waals surface area contributed by atoms with Gasteiger partial charge in [-0.3, -0.25) is 5.41 Å². The topological polar surface area (TPSA) is 36.2 Å². The van der Waals surface area contributed by atoms with Crippen LogP contribution in [0.5, 0.6) is 0 Å². The summed E-state index contributed by atoms with van der Waals surface area (Å²) in [7, 11) is 0. The summed E-state index contributed by atoms with van der Waals surface area (Å²) < 4.78 is 0. The molecule has 0 bridgehead atoms. The normalized spacial score (nSPS) is 12.1. The Balaban J connectivity index is 1.33. The summed E-state index contributed by atoms with van der Waals surface area (Å²) in [6.07, 6.45) is 4.26. The molecule has 234 valence electrons. The van der Waals surface area contributed by atoms with Crippen molar-refractivity contribution in [1.29, 1.82) is 5.41 Å². The highest BCUT2D eigenvalue weighted by Crippen LogP contribution is 2.46. The standard InChI is InChI=1S/C48H32N2/c49-48(34-18-5-2-6-19-34)50-45(33-16-3-1-4-17-33)30-29-40-38-23-11-13-25-41(38)47(42-26-14-12-24-39(40)42)46-37-22-10-8-20-35(37)31-44-36-21-9-7-15-32(36)27-28-43(44)46/h1-31,49H/b30-29+,49-48?,50-45?. The van der Waals surface area contributed by atoms with Gasteiger partial charge in [0.1, 0.15) is 0 Å². The minimum atomic E-state index is 0.231. The first-order chi connectivity index (χ1) is 24.7. The number of hydrogen-bond donors (Lipinski definition) is 1. The molecular weight excluding hydrogens is 605 g/mol. The molecule has 0 aliphatic carbocycles. The van der Waals surface area contributed by atoms with E-state index in [2.05, 4.69) is 140 Å². The summed E-state index contributed by atoms with van der Waals surface area (Å²) in [6, 6.07) is 61.8. The minimum Gasteiger partial charge on any atom is -0.282 e. The van der Waals surface area contributed by atoms with Gasteiger partial charge < -0.3 is 0 Å². The van der Waals surface area contributed by atoms with Gasteiger partial charge in [0.25, 0.3) is 0 Å². The van der Waals surface area contributed by atoms with Crippen LogP contribution in [0.3, 0.4) is 0 Å². The van der Waals surface area contributed by atoms with Crippen LogP contribution in [0.2, 0.25) is 0 Å². The highest BCUT2D eigenvalue weighted by molar-refractivity contribution is 6.28. The zero-order valence-electron chi connectivity index (χ0n) is 27.3. The second kappa shape index (κ2) is 12.4. The Morgan fingerprint density at radius 1 is 0.400 bits per heavy atom. The van der Waals surface area contributed by atoms with Crippen molar-refractivity contribution in [2.24, 2.45) is 4.99 Å². The summed E-state index contributed by atoms with van der Waals surface area (Å²) >= 11 is 0. The number of nitrogens with zero attached hydrogens (tertiary/aromatic N) is 1. The van der Waals surface area contributed by atoms with Crippen molar-refractivity contribution in [1.82, 2.24) is 0 Å². The lowest BCUT2D eigenvalue weighted by molar-refractivity contribution is 1.41. The summed E-state index contributed by atoms with van der Waals surface area (Å²) in [4.78, 5) is 4.86. The van der Waals surface area contributed by atoms with E-state index in [1.165, 1.54) is 65.0 Å². The molecule has 1 N–H and O–H groups in total. The molecule has 0 spiro atoms. The molecule has 0 saturated carbocycles. The van der Waals surface area contributed by atoms with Crippen LogP contribution in [0.25, 0.3) is 71.1 Å². The number of amidine groups is 1. The fraction of sp³-hybridized carbons (Fsp3) is 0. The molecule has 9 rings (SSSR count). The Morgan fingerprint density at radius 2 is 0.880 bits per heavy atom. The third-order valence-electron chi connectivity index (χ3n) is 9.75. The van der Waals surface area contributed by atoms with Crippen molar-refractivity contribution in [2.45, 2.75) is 0 Å². The van der Waals surface area contributed by atoms with E-state index in [0.717, 1.165) is 22.4 Å². The van der Waals surface area contributed by atoms with Gasteiger partial charge in [-0.15, -0.1) is 0 Å². The van der Waals surface area contributed by atoms with Gasteiger partial charge in [0, 0.05) is 11.1 Å². The van der Waals surface area contributed by atoms with Crippen molar-refractivity contribution < 1.29 is 0 Å². The maximum atomic E-state index is 8.84. The molecule has 0 radical (unpaired) electrons. The average Bonchev–Trinajstić information content (AvgIpc) is 3.19. The van der Waals surface area contributed by atoms with E-state index in [9.17, 15) is 0 Å². The predicted octanol–water partition coefficient (Wildman–Crippen LogP) is 12.6. The van der Waals surface area contributed by atoms with Gasteiger partial charge >= 0.3 is 0 Å². The second-order valence-electron chi connectivity index (χ2n) is 12.6. The number of hydrogen-bond acceptors (Lipinski definition) is 1. The third kappa shape index (κ3) is 5.06. The summed E-state index contributed by atoms with van der Waals surface area (Å²) in [6.45, 7) is 0. The van der Waals surface area contributed by atoms with Gasteiger partial charge in [-0.1, -0.05) is 176 Å². The molecule has 0 unspecified atom stereocenters. The molecule has 0 saturated heterocycles. The Hall–Kier alpha value is -6.64. The number of fused-ring (bicyclic) bond motifs is 6. The number of benzene rings is 9. The van der Waals surface area contributed by atoms with Crippen LogP contribution in [-0.4, -0.2) is 11.5 Å². The molecule has 9 aromatic rings. The van der Waals surface area contributed by atoms with Gasteiger partial charge in [0.2, 0.25) is 0 Å². The summed E-state index contributed by atoms with van der Waals surface area (Å²) in [5, 5.41) is 21.1. The molecule has 50 heavy (non-hydrogen) atoms. The van der Waals surface area contributed by atoms with E-state index in [1.54, 1.807) is 0 Å². The first kappa shape index (κ1) is 29.5. The van der Waals surface area contributed by atoms with Gasteiger partial charge in [-0.05, 0) is 82.7 Å². The Labute approximate surface area is 290 Å². The lowest BCUT2D eigenvalue weighted by Crippen LogP contribution is -2.03. The lowest BCUT2D eigenvalue weighted by Gasteiger charge is -2.20. The number of rotatable bonds is 5. The SMILES string of the molecule is N=C(N=C(/C=C/c1c2ccccc2c(-c2c3ccccc3cc3c2ccc2ccccc23)c2ccccc12)c1ccccc1)c1ccccc1. The van der Waals surface area contributed by atoms with E-state index in [-0.39, 0.29) is 5.84 Å². The maximum absolute atomic E-state index is 8.84. The molecule has 0 atom stereocenters. The molecule has 0 aliphatic rings. The zero-order valence-corrected chi connectivity index (χ0v) is 27.3. The molecule has 0 aromatic heterocycles. The van der Waals surface area contributed by atoms with Crippen molar-refractivity contribution in [3.63, 3.8) is 0 Å². The molecule has 0 amide bonds. The first-order valence-electron chi connectivity index (χ1n) is 17.0. The van der Waals surface area contributed by atoms with Crippen LogP contribution in [0.15, 0.2) is 187 Å². The Morgan fingerprint density at radius 3 is 1.54 bits per heavy atom. The largest absolute Gasteiger partial charge is 0.282 e. The van der Waals surface area contributed by atoms with E-state index in [1.807, 2.05) is 48.5 Å². The molecule has 0 aliphatic heterocycles. The Kier molecular flexibility index (Phi) is 7.33. The maximum Gasteiger partial charge on any atom is 0.152 e. The van der Waals surface area contributed by atoms with Crippen LogP contribution in [0, 0.1) is 5.41 Å². The van der Waals surface area contributed by atoms with Gasteiger partial charge in [-0.25, -0.2) is 4.99 Å². The molecule has 0 fully saturated rings. The lowest BCUT2D eigenvalue weighted by atomic mass is 9.83. The highest BCUT2D eigenvalue weighted by Gasteiger charge is 2.19. The Bertz CT molecular complexity index is 2750. The highest BCUT2D eigenvalue weighted by atomic mass is 14.8. The minimum absolute atomic E-state index is 0.231. The third-order valence-corrected chi connectivity index (χ3v) is 9.75. The average molecular weight is 637 g/mol. The van der Waals surface area contributed by atoms with E-state index < -0.39 is 0 Å². The van der Waals surface area contributed by atoms with Crippen molar-refractivity contribution in [2.75, 3.05) is 0 Å². The molecule has 2 heteroatoms. The molecule has 0 heterocycles. The quantitative estimate of drug-likeness (QED) is 0.0845. The summed E-state index contributed by atoms with van der Waals surface area (Å²) in [5.74, 6) is 0.231. The van der Waals surface area contributed by atoms with Crippen LogP contribution >= 0.6 is 0 Å². The second-order valence-corrected chi connectivity index (χ2v) is 12.6. The smallest absolute Gasteiger partial charge is 0.152 e. The van der Waals surface area contributed by atoms with Crippen molar-refractivity contribution in [3.8, 4) is 11.1 Å². The van der Waals surface area contributed by atoms with Crippen LogP contribution in [-0.2, 0) is 0 Å². The van der Waals surface area contributed by atoms with Crippen LogP contribution in [0.4, 0.5) is 0 Å². The predicted molar refractivity (Wildman–Crippen MR) is 215 cm³/mol. The van der Waals surface area contributed by atoms with E-state index in [0.29, 0.717) is 0 Å². The van der Waals surface area contributed by atoms with Gasteiger partial charge in [0.15, 0.2) is 5.84 Å². The van der Waals surface area contributed by atoms with E-state index >= 15 is 0 Å². The number of allylic oxidation sites excluding steroid dienone is 1. The van der Waals surface area contributed by atoms with Crippen molar-refractivity contribution in [3.05, 3.63) is 199 Å². The van der Waals surface area contributed by atoms with E-state index in [4.69, 9.17) is 10.4 Å². The van der Waals surface area contributed by atoms with Gasteiger partial charge in [0.05, 0.1) is 5.71 Å². The van der Waals surface area contributed by atoms with Crippen LogP contribution < -0.4 is 0 Å². The number of aliphatic imine (C=N–C) groups is 1. The molecule has 2 nitrogen and oxygen atoms in total. The van der Waals surface area contributed by atoms with Gasteiger partial charge in [-0.2, -0.15) is 0 Å².